The molecule has 2 saturated carbocycles. The third kappa shape index (κ3) is 3.44. The number of thiocarbonyl (C=S) groups is 1. The van der Waals surface area contributed by atoms with Crippen LogP contribution in [0.25, 0.3) is 0 Å². The van der Waals surface area contributed by atoms with E-state index in [1.54, 1.807) is 11.3 Å². The average molecular weight is 378 g/mol. The highest BCUT2D eigenvalue weighted by Gasteiger charge is 2.39. The van der Waals surface area contributed by atoms with Crippen molar-refractivity contribution >= 4 is 40.3 Å². The molecular formula is C18H20ClN3S2. The van der Waals surface area contributed by atoms with Gasteiger partial charge in [0.05, 0.1) is 6.54 Å². The molecule has 2 bridgehead atoms. The molecule has 1 N–H and O–H groups in total. The Morgan fingerprint density at radius 1 is 1.33 bits per heavy atom. The van der Waals surface area contributed by atoms with Crippen molar-refractivity contribution in [1.29, 1.82) is 0 Å². The summed E-state index contributed by atoms with van der Waals surface area (Å²) in [5.74, 6) is 1.70. The van der Waals surface area contributed by atoms with Gasteiger partial charge in [-0.25, -0.2) is 0 Å². The van der Waals surface area contributed by atoms with Gasteiger partial charge in [0, 0.05) is 22.6 Å². The number of nitrogens with one attached hydrogen (secondary N) is 1. The van der Waals surface area contributed by atoms with Gasteiger partial charge < -0.3 is 9.88 Å². The molecule has 126 valence electrons. The third-order valence-corrected chi connectivity index (χ3v) is 6.57. The van der Waals surface area contributed by atoms with Crippen LogP contribution in [0.15, 0.2) is 40.8 Å². The van der Waals surface area contributed by atoms with Crippen molar-refractivity contribution in [3.63, 3.8) is 0 Å². The Kier molecular flexibility index (Phi) is 4.74. The van der Waals surface area contributed by atoms with Crippen molar-refractivity contribution in [2.45, 2.75) is 38.3 Å². The quantitative estimate of drug-likeness (QED) is 0.811. The highest BCUT2D eigenvalue weighted by molar-refractivity contribution is 7.80. The summed E-state index contributed by atoms with van der Waals surface area (Å²) in [5.41, 5.74) is 1.09. The Labute approximate surface area is 156 Å². The van der Waals surface area contributed by atoms with Crippen molar-refractivity contribution in [2.75, 3.05) is 0 Å². The van der Waals surface area contributed by atoms with Crippen LogP contribution in [0.3, 0.4) is 0 Å². The van der Waals surface area contributed by atoms with E-state index in [1.165, 1.54) is 25.7 Å². The van der Waals surface area contributed by atoms with E-state index in [1.807, 2.05) is 35.8 Å². The maximum Gasteiger partial charge on any atom is 0.195 e. The number of rotatable bonds is 3. The van der Waals surface area contributed by atoms with Crippen molar-refractivity contribution < 1.29 is 0 Å². The zero-order valence-electron chi connectivity index (χ0n) is 13.3. The van der Waals surface area contributed by atoms with Crippen LogP contribution in [-0.2, 0) is 6.54 Å². The fraction of sp³-hybridized carbons (Fsp3) is 0.444. The van der Waals surface area contributed by atoms with Crippen molar-refractivity contribution in [1.82, 2.24) is 9.88 Å². The van der Waals surface area contributed by atoms with Gasteiger partial charge in [-0.3, -0.25) is 0 Å². The third-order valence-electron chi connectivity index (χ3n) is 5.20. The number of aromatic nitrogens is 1. The van der Waals surface area contributed by atoms with Crippen LogP contribution in [-0.4, -0.2) is 15.7 Å². The summed E-state index contributed by atoms with van der Waals surface area (Å²) < 4.78 is 2.10. The van der Waals surface area contributed by atoms with Crippen LogP contribution >= 0.6 is 35.2 Å². The molecule has 4 rings (SSSR count). The summed E-state index contributed by atoms with van der Waals surface area (Å²) in [5, 5.41) is 6.92. The molecule has 2 aliphatic rings. The van der Waals surface area contributed by atoms with E-state index in [9.17, 15) is 0 Å². The van der Waals surface area contributed by atoms with E-state index in [4.69, 9.17) is 23.8 Å². The molecule has 1 heterocycles. The lowest BCUT2D eigenvalue weighted by Gasteiger charge is -2.22. The molecule has 0 radical (unpaired) electrons. The van der Waals surface area contributed by atoms with E-state index >= 15 is 0 Å². The molecule has 3 atom stereocenters. The molecule has 24 heavy (non-hydrogen) atoms. The second-order valence-corrected chi connectivity index (χ2v) is 8.41. The minimum atomic E-state index is 0.525. The lowest BCUT2D eigenvalue weighted by atomic mass is 9.96. The number of halogens is 1. The van der Waals surface area contributed by atoms with Gasteiger partial charge in [0.2, 0.25) is 0 Å². The van der Waals surface area contributed by atoms with Gasteiger partial charge in [-0.1, -0.05) is 36.2 Å². The largest absolute Gasteiger partial charge is 0.358 e. The Balaban J connectivity index is 1.48. The Bertz CT molecular complexity index is 810. The Hall–Kier alpha value is -1.17. The first-order chi connectivity index (χ1) is 11.7. The van der Waals surface area contributed by atoms with Crippen LogP contribution in [0.4, 0.5) is 0 Å². The molecule has 0 spiro atoms. The predicted molar refractivity (Wildman–Crippen MR) is 103 cm³/mol. The van der Waals surface area contributed by atoms with E-state index in [2.05, 4.69) is 14.9 Å². The van der Waals surface area contributed by atoms with E-state index in [0.717, 1.165) is 27.2 Å². The minimum Gasteiger partial charge on any atom is -0.358 e. The zero-order chi connectivity index (χ0) is 16.5. The molecule has 1 aromatic heterocycles. The van der Waals surface area contributed by atoms with Crippen LogP contribution in [0.1, 0.15) is 31.2 Å². The molecule has 2 aromatic rings. The van der Waals surface area contributed by atoms with E-state index in [-0.39, 0.29) is 0 Å². The Morgan fingerprint density at radius 3 is 2.96 bits per heavy atom. The standard InChI is InChI=1S/C18H20ClN3S2/c19-15-4-2-1-3-14(15)11-22-7-8-24-18(22)21-17(23)20-16-10-12-5-6-13(16)9-12/h1-4,7-8,12-13,16H,5-6,9-11H2,(H,20,23)/t12-,13+,16-/m0/s1. The van der Waals surface area contributed by atoms with Gasteiger partial charge in [-0.15, -0.1) is 11.3 Å². The maximum atomic E-state index is 6.27. The summed E-state index contributed by atoms with van der Waals surface area (Å²) in [6, 6.07) is 8.44. The van der Waals surface area contributed by atoms with Crippen LogP contribution in [0, 0.1) is 11.8 Å². The second kappa shape index (κ2) is 6.98. The highest BCUT2D eigenvalue weighted by atomic mass is 35.5. The summed E-state index contributed by atoms with van der Waals surface area (Å²) in [7, 11) is 0. The van der Waals surface area contributed by atoms with Gasteiger partial charge >= 0.3 is 0 Å². The molecule has 0 unspecified atom stereocenters. The second-order valence-electron chi connectivity index (χ2n) is 6.75. The fourth-order valence-electron chi connectivity index (χ4n) is 4.02. The number of hydrogen-bond acceptors (Lipinski definition) is 2. The van der Waals surface area contributed by atoms with Gasteiger partial charge in [-0.2, -0.15) is 4.99 Å². The topological polar surface area (TPSA) is 29.3 Å². The maximum absolute atomic E-state index is 6.27. The first-order valence-electron chi connectivity index (χ1n) is 8.41. The number of fused-ring (bicyclic) bond motifs is 2. The normalized spacial score (nSPS) is 26.0. The molecule has 2 fully saturated rings. The van der Waals surface area contributed by atoms with Gasteiger partial charge in [0.1, 0.15) is 0 Å². The van der Waals surface area contributed by atoms with Crippen LogP contribution in [0.2, 0.25) is 5.02 Å². The summed E-state index contributed by atoms with van der Waals surface area (Å²) in [6.45, 7) is 0.707. The zero-order valence-corrected chi connectivity index (χ0v) is 15.7. The van der Waals surface area contributed by atoms with Gasteiger partial charge in [-0.05, 0) is 54.9 Å². The van der Waals surface area contributed by atoms with Gasteiger partial charge in [0.25, 0.3) is 0 Å². The minimum absolute atomic E-state index is 0.525. The lowest BCUT2D eigenvalue weighted by Crippen LogP contribution is -2.37. The first kappa shape index (κ1) is 16.3. The molecule has 6 heteroatoms. The summed E-state index contributed by atoms with van der Waals surface area (Å²) >= 11 is 13.4. The lowest BCUT2D eigenvalue weighted by molar-refractivity contribution is 0.391. The summed E-state index contributed by atoms with van der Waals surface area (Å²) in [4.78, 5) is 5.56. The van der Waals surface area contributed by atoms with Crippen molar-refractivity contribution in [3.05, 3.63) is 51.2 Å². The number of hydrogen-bond donors (Lipinski definition) is 1. The van der Waals surface area contributed by atoms with Crippen LogP contribution < -0.4 is 10.1 Å². The highest BCUT2D eigenvalue weighted by Crippen LogP contribution is 2.44. The van der Waals surface area contributed by atoms with Crippen molar-refractivity contribution in [2.24, 2.45) is 16.8 Å². The molecule has 0 saturated heterocycles. The number of benzene rings is 1. The fourth-order valence-corrected chi connectivity index (χ4v) is 5.24. The molecule has 2 aliphatic carbocycles. The Morgan fingerprint density at radius 2 is 2.21 bits per heavy atom. The number of nitrogens with zero attached hydrogens (tertiary/aromatic N) is 2. The van der Waals surface area contributed by atoms with E-state index in [0.29, 0.717) is 17.7 Å². The predicted octanol–water partition coefficient (Wildman–Crippen LogP) is 4.22. The smallest absolute Gasteiger partial charge is 0.195 e. The molecular weight excluding hydrogens is 358 g/mol. The van der Waals surface area contributed by atoms with Crippen molar-refractivity contribution in [3.8, 4) is 0 Å². The first-order valence-corrected chi connectivity index (χ1v) is 10.1. The molecule has 1 aromatic carbocycles. The SMILES string of the molecule is S=C(N=c1sccn1Cc1ccccc1Cl)N[C@H]1C[C@H]2CC[C@@H]1C2. The number of thiazole rings is 1. The van der Waals surface area contributed by atoms with Gasteiger partial charge in [0.15, 0.2) is 9.91 Å². The molecule has 0 aliphatic heterocycles. The summed E-state index contributed by atoms with van der Waals surface area (Å²) in [6.07, 6.45) is 7.40. The van der Waals surface area contributed by atoms with Crippen LogP contribution in [0.5, 0.6) is 0 Å². The molecule has 0 amide bonds. The average Bonchev–Trinajstić information content (AvgIpc) is 3.27. The monoisotopic (exact) mass is 377 g/mol. The molecule has 3 nitrogen and oxygen atoms in total. The van der Waals surface area contributed by atoms with E-state index < -0.39 is 0 Å².